The van der Waals surface area contributed by atoms with Gasteiger partial charge in [-0.2, -0.15) is 0 Å². The van der Waals surface area contributed by atoms with Gasteiger partial charge in [-0.1, -0.05) is 25.5 Å². The van der Waals surface area contributed by atoms with Crippen LogP contribution in [-0.2, 0) is 16.0 Å². The first-order valence-electron chi connectivity index (χ1n) is 8.05. The zero-order valence-electron chi connectivity index (χ0n) is 13.1. The molecule has 116 valence electrons. The average Bonchev–Trinajstić information content (AvgIpc) is 2.50. The van der Waals surface area contributed by atoms with Crippen molar-refractivity contribution in [1.29, 1.82) is 0 Å². The van der Waals surface area contributed by atoms with Crippen molar-refractivity contribution < 1.29 is 14.3 Å². The van der Waals surface area contributed by atoms with Gasteiger partial charge in [-0.15, -0.1) is 0 Å². The Kier molecular flexibility index (Phi) is 6.09. The molecule has 0 radical (unpaired) electrons. The Morgan fingerprint density at radius 1 is 1.19 bits per heavy atom. The molecule has 0 bridgehead atoms. The van der Waals surface area contributed by atoms with Crippen LogP contribution in [-0.4, -0.2) is 19.2 Å². The number of hydrogen-bond donors (Lipinski definition) is 0. The minimum absolute atomic E-state index is 0.0378. The number of methoxy groups -OCH3 is 1. The van der Waals surface area contributed by atoms with Crippen LogP contribution in [0, 0.1) is 5.92 Å². The number of benzene rings is 1. The summed E-state index contributed by atoms with van der Waals surface area (Å²) in [5.74, 6) is 1.30. The van der Waals surface area contributed by atoms with Gasteiger partial charge in [0.2, 0.25) is 0 Å². The third-order valence-electron chi connectivity index (χ3n) is 4.23. The minimum atomic E-state index is -0.0378. The molecule has 1 aromatic rings. The van der Waals surface area contributed by atoms with E-state index in [0.717, 1.165) is 31.4 Å². The first-order valence-corrected chi connectivity index (χ1v) is 8.05. The maximum atomic E-state index is 11.8. The van der Waals surface area contributed by atoms with Crippen LogP contribution < -0.4 is 4.74 Å². The molecule has 1 saturated carbocycles. The van der Waals surface area contributed by atoms with E-state index in [1.807, 2.05) is 19.1 Å². The topological polar surface area (TPSA) is 35.5 Å². The van der Waals surface area contributed by atoms with E-state index in [9.17, 15) is 4.79 Å². The van der Waals surface area contributed by atoms with Crippen molar-refractivity contribution in [3.8, 4) is 5.75 Å². The van der Waals surface area contributed by atoms with Crippen molar-refractivity contribution in [2.24, 2.45) is 5.92 Å². The SMILES string of the molecule is CCCC(=O)OC1CCCCC1Cc1ccc(OC)cc1. The van der Waals surface area contributed by atoms with Crippen molar-refractivity contribution in [2.45, 2.75) is 58.0 Å². The largest absolute Gasteiger partial charge is 0.497 e. The number of ether oxygens (including phenoxy) is 2. The Balaban J connectivity index is 1.95. The van der Waals surface area contributed by atoms with E-state index >= 15 is 0 Å². The Hall–Kier alpha value is -1.51. The molecule has 1 aromatic carbocycles. The highest BCUT2D eigenvalue weighted by molar-refractivity contribution is 5.69. The van der Waals surface area contributed by atoms with Crippen LogP contribution in [0.5, 0.6) is 5.75 Å². The fraction of sp³-hybridized carbons (Fsp3) is 0.611. The number of esters is 1. The predicted molar refractivity (Wildman–Crippen MR) is 83.4 cm³/mol. The molecule has 0 amide bonds. The lowest BCUT2D eigenvalue weighted by Gasteiger charge is -2.31. The summed E-state index contributed by atoms with van der Waals surface area (Å²) in [6.45, 7) is 2.01. The highest BCUT2D eigenvalue weighted by atomic mass is 16.5. The Morgan fingerprint density at radius 2 is 1.90 bits per heavy atom. The van der Waals surface area contributed by atoms with Crippen LogP contribution in [0.15, 0.2) is 24.3 Å². The molecule has 0 heterocycles. The Morgan fingerprint density at radius 3 is 2.57 bits per heavy atom. The smallest absolute Gasteiger partial charge is 0.306 e. The van der Waals surface area contributed by atoms with Crippen molar-refractivity contribution in [1.82, 2.24) is 0 Å². The molecule has 0 saturated heterocycles. The highest BCUT2D eigenvalue weighted by Gasteiger charge is 2.28. The first-order chi connectivity index (χ1) is 10.2. The molecule has 2 unspecified atom stereocenters. The summed E-state index contributed by atoms with van der Waals surface area (Å²) in [4.78, 5) is 11.8. The maximum absolute atomic E-state index is 11.8. The fourth-order valence-corrected chi connectivity index (χ4v) is 3.06. The van der Waals surface area contributed by atoms with E-state index in [1.165, 1.54) is 18.4 Å². The van der Waals surface area contributed by atoms with Gasteiger partial charge in [0.05, 0.1) is 7.11 Å². The Labute approximate surface area is 127 Å². The van der Waals surface area contributed by atoms with Gasteiger partial charge >= 0.3 is 5.97 Å². The van der Waals surface area contributed by atoms with Gasteiger partial charge < -0.3 is 9.47 Å². The number of rotatable bonds is 6. The van der Waals surface area contributed by atoms with Crippen LogP contribution >= 0.6 is 0 Å². The molecular formula is C18H26O3. The molecule has 3 nitrogen and oxygen atoms in total. The number of hydrogen-bond acceptors (Lipinski definition) is 3. The van der Waals surface area contributed by atoms with E-state index in [-0.39, 0.29) is 12.1 Å². The summed E-state index contributed by atoms with van der Waals surface area (Å²) >= 11 is 0. The van der Waals surface area contributed by atoms with E-state index < -0.39 is 0 Å². The molecule has 2 atom stereocenters. The summed E-state index contributed by atoms with van der Waals surface area (Å²) < 4.78 is 10.9. The third-order valence-corrected chi connectivity index (χ3v) is 4.23. The van der Waals surface area contributed by atoms with Gasteiger partial charge in [-0.3, -0.25) is 4.79 Å². The molecule has 1 aliphatic rings. The maximum Gasteiger partial charge on any atom is 0.306 e. The van der Waals surface area contributed by atoms with Gasteiger partial charge in [0.1, 0.15) is 11.9 Å². The van der Waals surface area contributed by atoms with Gasteiger partial charge in [-0.25, -0.2) is 0 Å². The van der Waals surface area contributed by atoms with Gasteiger partial charge in [0.25, 0.3) is 0 Å². The molecule has 1 fully saturated rings. The second-order valence-electron chi connectivity index (χ2n) is 5.88. The fourth-order valence-electron chi connectivity index (χ4n) is 3.06. The predicted octanol–water partition coefficient (Wildman–Crippen LogP) is 4.14. The average molecular weight is 290 g/mol. The molecular weight excluding hydrogens is 264 g/mol. The van der Waals surface area contributed by atoms with Crippen LogP contribution in [0.1, 0.15) is 51.0 Å². The normalized spacial score (nSPS) is 21.8. The van der Waals surface area contributed by atoms with E-state index in [4.69, 9.17) is 9.47 Å². The number of carbonyl (C=O) groups is 1. The lowest BCUT2D eigenvalue weighted by Crippen LogP contribution is -2.31. The van der Waals surface area contributed by atoms with Crippen LogP contribution in [0.2, 0.25) is 0 Å². The zero-order chi connectivity index (χ0) is 15.1. The van der Waals surface area contributed by atoms with Crippen LogP contribution in [0.4, 0.5) is 0 Å². The standard InChI is InChI=1S/C18H26O3/c1-3-6-18(19)21-17-8-5-4-7-15(17)13-14-9-11-16(20-2)12-10-14/h9-12,15,17H,3-8,13H2,1-2H3. The van der Waals surface area contributed by atoms with E-state index in [1.54, 1.807) is 7.11 Å². The van der Waals surface area contributed by atoms with Gasteiger partial charge in [0.15, 0.2) is 0 Å². The molecule has 0 aromatic heterocycles. The third kappa shape index (κ3) is 4.76. The molecule has 0 N–H and O–H groups in total. The molecule has 3 heteroatoms. The number of carbonyl (C=O) groups excluding carboxylic acids is 1. The first kappa shape index (κ1) is 15.9. The van der Waals surface area contributed by atoms with Crippen molar-refractivity contribution in [2.75, 3.05) is 7.11 Å². The lowest BCUT2D eigenvalue weighted by molar-refractivity contribution is -0.153. The van der Waals surface area contributed by atoms with Crippen molar-refractivity contribution in [3.05, 3.63) is 29.8 Å². The quantitative estimate of drug-likeness (QED) is 0.739. The van der Waals surface area contributed by atoms with E-state index in [0.29, 0.717) is 12.3 Å². The lowest BCUT2D eigenvalue weighted by atomic mass is 9.82. The molecule has 2 rings (SSSR count). The monoisotopic (exact) mass is 290 g/mol. The summed E-state index contributed by atoms with van der Waals surface area (Å²) in [6, 6.07) is 8.21. The summed E-state index contributed by atoms with van der Waals surface area (Å²) in [6.07, 6.45) is 7.03. The van der Waals surface area contributed by atoms with Gasteiger partial charge in [0, 0.05) is 6.42 Å². The molecule has 0 aliphatic heterocycles. The van der Waals surface area contributed by atoms with Gasteiger partial charge in [-0.05, 0) is 55.7 Å². The molecule has 21 heavy (non-hydrogen) atoms. The second kappa shape index (κ2) is 8.06. The Bertz CT molecular complexity index is 438. The highest BCUT2D eigenvalue weighted by Crippen LogP contribution is 2.30. The van der Waals surface area contributed by atoms with Crippen LogP contribution in [0.3, 0.4) is 0 Å². The van der Waals surface area contributed by atoms with E-state index in [2.05, 4.69) is 12.1 Å². The van der Waals surface area contributed by atoms with Crippen LogP contribution in [0.25, 0.3) is 0 Å². The zero-order valence-corrected chi connectivity index (χ0v) is 13.1. The summed E-state index contributed by atoms with van der Waals surface area (Å²) in [7, 11) is 1.68. The van der Waals surface area contributed by atoms with Crippen molar-refractivity contribution in [3.63, 3.8) is 0 Å². The second-order valence-corrected chi connectivity index (χ2v) is 5.88. The summed E-state index contributed by atoms with van der Waals surface area (Å²) in [5.41, 5.74) is 1.29. The minimum Gasteiger partial charge on any atom is -0.497 e. The molecule has 1 aliphatic carbocycles. The molecule has 0 spiro atoms. The summed E-state index contributed by atoms with van der Waals surface area (Å²) in [5, 5.41) is 0. The van der Waals surface area contributed by atoms with Crippen molar-refractivity contribution >= 4 is 5.97 Å².